The van der Waals surface area contributed by atoms with Gasteiger partial charge in [-0.15, -0.1) is 0 Å². The summed E-state index contributed by atoms with van der Waals surface area (Å²) in [6, 6.07) is 0. The lowest BCUT2D eigenvalue weighted by Gasteiger charge is -2.36. The van der Waals surface area contributed by atoms with E-state index in [1.54, 1.807) is 10.9 Å². The van der Waals surface area contributed by atoms with E-state index in [1.807, 2.05) is 0 Å². The number of nitrogen functional groups attached to an aromatic ring is 1. The predicted octanol–water partition coefficient (Wildman–Crippen LogP) is -0.170. The van der Waals surface area contributed by atoms with E-state index >= 15 is 0 Å². The van der Waals surface area contributed by atoms with E-state index in [2.05, 4.69) is 20.3 Å². The lowest BCUT2D eigenvalue weighted by molar-refractivity contribution is -0.123. The first kappa shape index (κ1) is 13.7. The molecule has 2 aromatic heterocycles. The van der Waals surface area contributed by atoms with Crippen molar-refractivity contribution in [3.8, 4) is 0 Å². The molecule has 0 aliphatic heterocycles. The smallest absolute Gasteiger partial charge is 0.221 e. The van der Waals surface area contributed by atoms with Gasteiger partial charge in [-0.1, -0.05) is 0 Å². The third-order valence-electron chi connectivity index (χ3n) is 3.91. The average Bonchev–Trinajstić information content (AvgIpc) is 2.85. The van der Waals surface area contributed by atoms with Gasteiger partial charge in [0.2, 0.25) is 5.91 Å². The molecule has 2 aromatic rings. The Labute approximate surface area is 121 Å². The standard InChI is InChI=1S/C13H18N6O2/c14-11-10-12(17-7-16-11)19(8-18-10)5-2-9(20)15-6-13(21)3-1-4-13/h7-8,21H,1-6H2,(H,15,20)(H2,14,16,17). The fourth-order valence-electron chi connectivity index (χ4n) is 2.40. The number of aliphatic hydroxyl groups is 1. The maximum absolute atomic E-state index is 11.8. The zero-order valence-corrected chi connectivity index (χ0v) is 11.6. The summed E-state index contributed by atoms with van der Waals surface area (Å²) in [4.78, 5) is 24.0. The van der Waals surface area contributed by atoms with Crippen molar-refractivity contribution in [2.75, 3.05) is 12.3 Å². The number of fused-ring (bicyclic) bond motifs is 1. The second-order valence-electron chi connectivity index (χ2n) is 5.47. The Morgan fingerprint density at radius 1 is 1.43 bits per heavy atom. The molecule has 1 aliphatic carbocycles. The maximum Gasteiger partial charge on any atom is 0.221 e. The predicted molar refractivity (Wildman–Crippen MR) is 76.2 cm³/mol. The van der Waals surface area contributed by atoms with Crippen LogP contribution in [0.25, 0.3) is 11.2 Å². The van der Waals surface area contributed by atoms with Crippen LogP contribution in [0.1, 0.15) is 25.7 Å². The lowest BCUT2D eigenvalue weighted by Crippen LogP contribution is -2.47. The largest absolute Gasteiger partial charge is 0.388 e. The number of carbonyl (C=O) groups is 1. The van der Waals surface area contributed by atoms with Crippen molar-refractivity contribution in [1.82, 2.24) is 24.8 Å². The van der Waals surface area contributed by atoms with Crippen molar-refractivity contribution in [3.05, 3.63) is 12.7 Å². The highest BCUT2D eigenvalue weighted by molar-refractivity contribution is 5.81. The zero-order chi connectivity index (χ0) is 14.9. The molecule has 112 valence electrons. The van der Waals surface area contributed by atoms with Crippen LogP contribution in [0.15, 0.2) is 12.7 Å². The Morgan fingerprint density at radius 3 is 2.95 bits per heavy atom. The number of anilines is 1. The first-order valence-corrected chi connectivity index (χ1v) is 6.98. The van der Waals surface area contributed by atoms with Crippen LogP contribution in [0, 0.1) is 0 Å². The lowest BCUT2D eigenvalue weighted by atomic mass is 9.80. The zero-order valence-electron chi connectivity index (χ0n) is 11.6. The van der Waals surface area contributed by atoms with Crippen LogP contribution in [0.4, 0.5) is 5.82 Å². The van der Waals surface area contributed by atoms with E-state index in [4.69, 9.17) is 5.73 Å². The Bertz CT molecular complexity index is 664. The van der Waals surface area contributed by atoms with E-state index in [0.717, 1.165) is 19.3 Å². The third-order valence-corrected chi connectivity index (χ3v) is 3.91. The van der Waals surface area contributed by atoms with Gasteiger partial charge in [0.25, 0.3) is 0 Å². The van der Waals surface area contributed by atoms with Gasteiger partial charge in [-0.05, 0) is 19.3 Å². The summed E-state index contributed by atoms with van der Waals surface area (Å²) < 4.78 is 1.77. The number of nitrogens with one attached hydrogen (secondary N) is 1. The quantitative estimate of drug-likeness (QED) is 0.703. The Hall–Kier alpha value is -2.22. The van der Waals surface area contributed by atoms with Gasteiger partial charge in [-0.3, -0.25) is 4.79 Å². The molecule has 21 heavy (non-hydrogen) atoms. The van der Waals surface area contributed by atoms with Gasteiger partial charge in [0.05, 0.1) is 11.9 Å². The molecule has 0 atom stereocenters. The molecule has 0 spiro atoms. The van der Waals surface area contributed by atoms with E-state index in [9.17, 15) is 9.90 Å². The van der Waals surface area contributed by atoms with Crippen LogP contribution in [0.2, 0.25) is 0 Å². The normalized spacial score (nSPS) is 16.6. The molecule has 1 saturated carbocycles. The van der Waals surface area contributed by atoms with Gasteiger partial charge in [0.15, 0.2) is 11.5 Å². The van der Waals surface area contributed by atoms with Crippen molar-refractivity contribution >= 4 is 22.9 Å². The Kier molecular flexibility index (Phi) is 3.46. The number of carbonyl (C=O) groups excluding carboxylic acids is 1. The van der Waals surface area contributed by atoms with Crippen LogP contribution in [0.3, 0.4) is 0 Å². The van der Waals surface area contributed by atoms with Crippen LogP contribution in [-0.2, 0) is 11.3 Å². The first-order chi connectivity index (χ1) is 10.1. The summed E-state index contributed by atoms with van der Waals surface area (Å²) in [5.74, 6) is 0.231. The maximum atomic E-state index is 11.8. The molecule has 8 heteroatoms. The molecule has 2 heterocycles. The average molecular weight is 290 g/mol. The van der Waals surface area contributed by atoms with Crippen molar-refractivity contribution < 1.29 is 9.90 Å². The number of rotatable bonds is 5. The third kappa shape index (κ3) is 2.80. The van der Waals surface area contributed by atoms with Crippen molar-refractivity contribution in [2.24, 2.45) is 0 Å². The molecule has 0 aromatic carbocycles. The summed E-state index contributed by atoms with van der Waals surface area (Å²) in [6.45, 7) is 0.781. The summed E-state index contributed by atoms with van der Waals surface area (Å²) >= 11 is 0. The SMILES string of the molecule is Nc1ncnc2c1ncn2CCC(=O)NCC1(O)CCC1. The number of nitrogens with two attached hydrogens (primary N) is 1. The molecule has 8 nitrogen and oxygen atoms in total. The summed E-state index contributed by atoms with van der Waals surface area (Å²) in [6.07, 6.45) is 5.82. The Morgan fingerprint density at radius 2 is 2.24 bits per heavy atom. The summed E-state index contributed by atoms with van der Waals surface area (Å²) in [5, 5.41) is 12.7. The molecule has 0 saturated heterocycles. The molecule has 0 radical (unpaired) electrons. The van der Waals surface area contributed by atoms with E-state index < -0.39 is 5.60 Å². The number of hydrogen-bond acceptors (Lipinski definition) is 6. The number of nitrogens with zero attached hydrogens (tertiary/aromatic N) is 4. The van der Waals surface area contributed by atoms with Gasteiger partial charge in [0, 0.05) is 19.5 Å². The fourth-order valence-corrected chi connectivity index (χ4v) is 2.40. The molecule has 0 unspecified atom stereocenters. The van der Waals surface area contributed by atoms with Crippen LogP contribution >= 0.6 is 0 Å². The van der Waals surface area contributed by atoms with Gasteiger partial charge in [-0.2, -0.15) is 0 Å². The van der Waals surface area contributed by atoms with Gasteiger partial charge >= 0.3 is 0 Å². The minimum atomic E-state index is -0.695. The molecule has 4 N–H and O–H groups in total. The second kappa shape index (κ2) is 5.28. The molecule has 1 fully saturated rings. The van der Waals surface area contributed by atoms with Crippen LogP contribution in [-0.4, -0.2) is 42.7 Å². The van der Waals surface area contributed by atoms with Gasteiger partial charge in [0.1, 0.15) is 11.8 Å². The minimum absolute atomic E-state index is 0.0980. The molecule has 3 rings (SSSR count). The van der Waals surface area contributed by atoms with E-state index in [1.165, 1.54) is 6.33 Å². The highest BCUT2D eigenvalue weighted by Gasteiger charge is 2.34. The van der Waals surface area contributed by atoms with Crippen molar-refractivity contribution in [1.29, 1.82) is 0 Å². The molecule has 0 bridgehead atoms. The fraction of sp³-hybridized carbons (Fsp3) is 0.538. The number of aryl methyl sites for hydroxylation is 1. The Balaban J connectivity index is 1.56. The summed E-state index contributed by atoms with van der Waals surface area (Å²) in [5.41, 5.74) is 6.18. The molecular formula is C13H18N6O2. The first-order valence-electron chi connectivity index (χ1n) is 6.98. The number of amides is 1. The number of hydrogen-bond donors (Lipinski definition) is 3. The number of aromatic nitrogens is 4. The molecular weight excluding hydrogens is 272 g/mol. The van der Waals surface area contributed by atoms with E-state index in [-0.39, 0.29) is 5.91 Å². The van der Waals surface area contributed by atoms with Crippen LogP contribution in [0.5, 0.6) is 0 Å². The van der Waals surface area contributed by atoms with Crippen molar-refractivity contribution in [3.63, 3.8) is 0 Å². The highest BCUT2D eigenvalue weighted by atomic mass is 16.3. The number of imidazole rings is 1. The van der Waals surface area contributed by atoms with Crippen LogP contribution < -0.4 is 11.1 Å². The summed E-state index contributed by atoms with van der Waals surface area (Å²) in [7, 11) is 0. The second-order valence-corrected chi connectivity index (χ2v) is 5.47. The monoisotopic (exact) mass is 290 g/mol. The molecule has 1 amide bonds. The topological polar surface area (TPSA) is 119 Å². The van der Waals surface area contributed by atoms with Gasteiger partial charge < -0.3 is 20.7 Å². The molecule has 1 aliphatic rings. The minimum Gasteiger partial charge on any atom is -0.388 e. The van der Waals surface area contributed by atoms with E-state index in [0.29, 0.717) is 36.5 Å². The van der Waals surface area contributed by atoms with Crippen molar-refractivity contribution in [2.45, 2.75) is 37.8 Å². The highest BCUT2D eigenvalue weighted by Crippen LogP contribution is 2.30. The van der Waals surface area contributed by atoms with Gasteiger partial charge in [-0.25, -0.2) is 15.0 Å².